The van der Waals surface area contributed by atoms with Gasteiger partial charge < -0.3 is 33.2 Å². The number of methoxy groups -OCH3 is 1. The van der Waals surface area contributed by atoms with E-state index in [2.05, 4.69) is 103 Å². The van der Waals surface area contributed by atoms with Crippen LogP contribution in [0.25, 0.3) is 32.4 Å². The molecule has 2 bridgehead atoms. The molecule has 5 atom stereocenters. The van der Waals surface area contributed by atoms with Gasteiger partial charge in [0.25, 0.3) is 0 Å². The molecule has 4 heteroatoms. The number of quaternary nitrogens is 1. The monoisotopic (exact) mass is 626 g/mol. The van der Waals surface area contributed by atoms with Gasteiger partial charge in [0.05, 0.1) is 18.6 Å². The minimum atomic E-state index is 0. The molecule has 198 valence electrons. The van der Waals surface area contributed by atoms with Crippen LogP contribution < -0.4 is 24.0 Å². The summed E-state index contributed by atoms with van der Waals surface area (Å²) in [5.41, 5.74) is 3.78. The minimum Gasteiger partial charge on any atom is -1.00 e. The summed E-state index contributed by atoms with van der Waals surface area (Å²) >= 11 is 0. The Morgan fingerprint density at radius 3 is 2.31 bits per heavy atom. The zero-order valence-corrected chi connectivity index (χ0v) is 24.6. The van der Waals surface area contributed by atoms with E-state index < -0.39 is 0 Å². The first-order valence-electron chi connectivity index (χ1n) is 13.9. The summed E-state index contributed by atoms with van der Waals surface area (Å²) < 4.78 is 7.52. The third kappa shape index (κ3) is 4.37. The number of pyridine rings is 1. The fourth-order valence-electron chi connectivity index (χ4n) is 7.81. The van der Waals surface area contributed by atoms with Gasteiger partial charge in [0.1, 0.15) is 18.7 Å². The van der Waals surface area contributed by atoms with Crippen molar-refractivity contribution >= 4 is 32.4 Å². The van der Waals surface area contributed by atoms with Gasteiger partial charge in [-0.3, -0.25) is 4.98 Å². The lowest BCUT2D eigenvalue weighted by Crippen LogP contribution is -3.00. The van der Waals surface area contributed by atoms with Crippen molar-refractivity contribution in [2.24, 2.45) is 11.8 Å². The first-order chi connectivity index (χ1) is 18.7. The maximum absolute atomic E-state index is 6.47. The minimum absolute atomic E-state index is 0. The lowest BCUT2D eigenvalue weighted by Gasteiger charge is -2.58. The van der Waals surface area contributed by atoms with Crippen LogP contribution in [0.2, 0.25) is 0 Å². The van der Waals surface area contributed by atoms with Gasteiger partial charge in [-0.1, -0.05) is 72.8 Å². The van der Waals surface area contributed by atoms with Crippen LogP contribution in [0, 0.1) is 11.8 Å². The first-order valence-corrected chi connectivity index (χ1v) is 13.9. The van der Waals surface area contributed by atoms with Crippen molar-refractivity contribution in [1.29, 1.82) is 0 Å². The predicted octanol–water partition coefficient (Wildman–Crippen LogP) is 4.84. The van der Waals surface area contributed by atoms with E-state index >= 15 is 0 Å². The summed E-state index contributed by atoms with van der Waals surface area (Å²) in [5, 5.41) is 6.61. The van der Waals surface area contributed by atoms with Crippen molar-refractivity contribution < 1.29 is 33.2 Å². The molecule has 8 rings (SSSR count). The van der Waals surface area contributed by atoms with E-state index in [0.717, 1.165) is 29.5 Å². The van der Waals surface area contributed by atoms with Crippen LogP contribution in [0.4, 0.5) is 0 Å². The predicted molar refractivity (Wildman–Crippen MR) is 157 cm³/mol. The molecule has 1 aromatic heterocycles. The van der Waals surface area contributed by atoms with E-state index in [0.29, 0.717) is 17.9 Å². The number of rotatable bonds is 6. The number of para-hydroxylation sites is 1. The van der Waals surface area contributed by atoms with Gasteiger partial charge >= 0.3 is 0 Å². The van der Waals surface area contributed by atoms with Crippen LogP contribution in [0.15, 0.2) is 104 Å². The second kappa shape index (κ2) is 10.6. The van der Waals surface area contributed by atoms with Crippen LogP contribution in [0.3, 0.4) is 0 Å². The van der Waals surface area contributed by atoms with Gasteiger partial charge in [-0.25, -0.2) is 0 Å². The van der Waals surface area contributed by atoms with Gasteiger partial charge in [-0.05, 0) is 51.2 Å². The molecule has 0 aliphatic carbocycles. The number of hydrogen-bond acceptors (Lipinski definition) is 2. The number of nitrogens with zero attached hydrogens (tertiary/aromatic N) is 2. The molecule has 3 aliphatic rings. The fourth-order valence-corrected chi connectivity index (χ4v) is 7.81. The third-order valence-corrected chi connectivity index (χ3v) is 9.62. The normalized spacial score (nSPS) is 25.0. The standard InChI is InChI=1S/C35H35N2O.HI/c1-3-24-22-37(23-32-28-12-6-4-10-26(28)20-27-11-5-7-13-29(27)32)19-17-25(24)21-34(37)35(38-2)31-16-18-36-33-15-9-8-14-30(31)33;/h3-16,18,20,24-25,34-35H,1,17,19,21-23H2,2H3;1H/q+1;/p-1/t24?,25?,34-,35-,37?;/m1./s1. The van der Waals surface area contributed by atoms with Crippen molar-refractivity contribution in [1.82, 2.24) is 4.98 Å². The molecule has 4 heterocycles. The van der Waals surface area contributed by atoms with E-state index in [1.807, 2.05) is 13.3 Å². The molecule has 3 unspecified atom stereocenters. The summed E-state index contributed by atoms with van der Waals surface area (Å²) in [6, 6.07) is 31.3. The zero-order valence-electron chi connectivity index (χ0n) is 22.5. The maximum Gasteiger partial charge on any atom is 0.135 e. The summed E-state index contributed by atoms with van der Waals surface area (Å²) in [4.78, 5) is 4.66. The van der Waals surface area contributed by atoms with Crippen LogP contribution in [-0.4, -0.2) is 35.7 Å². The molecule has 0 saturated carbocycles. The molecule has 3 aliphatic heterocycles. The van der Waals surface area contributed by atoms with Crippen molar-refractivity contribution in [3.8, 4) is 0 Å². The third-order valence-electron chi connectivity index (χ3n) is 9.62. The van der Waals surface area contributed by atoms with Crippen molar-refractivity contribution in [3.05, 3.63) is 115 Å². The largest absolute Gasteiger partial charge is 1.00 e. The van der Waals surface area contributed by atoms with Gasteiger partial charge in [-0.2, -0.15) is 0 Å². The Balaban J connectivity index is 0.00000277. The Hall–Kier alpha value is -2.80. The topological polar surface area (TPSA) is 22.1 Å². The van der Waals surface area contributed by atoms with E-state index in [4.69, 9.17) is 4.74 Å². The number of ether oxygens (including phenoxy) is 1. The van der Waals surface area contributed by atoms with Gasteiger partial charge in [0.2, 0.25) is 0 Å². The van der Waals surface area contributed by atoms with E-state index in [1.54, 1.807) is 0 Å². The Labute approximate surface area is 248 Å². The Morgan fingerprint density at radius 1 is 0.949 bits per heavy atom. The highest BCUT2D eigenvalue weighted by atomic mass is 127. The van der Waals surface area contributed by atoms with Crippen LogP contribution in [0.1, 0.15) is 30.1 Å². The highest BCUT2D eigenvalue weighted by Crippen LogP contribution is 2.49. The Kier molecular flexibility index (Phi) is 7.21. The lowest BCUT2D eigenvalue weighted by molar-refractivity contribution is -0.984. The molecule has 4 aromatic carbocycles. The smallest absolute Gasteiger partial charge is 0.135 e. The number of piperidine rings is 3. The zero-order chi connectivity index (χ0) is 25.7. The number of halogens is 1. The average Bonchev–Trinajstić information content (AvgIpc) is 2.98. The van der Waals surface area contributed by atoms with Crippen LogP contribution >= 0.6 is 0 Å². The van der Waals surface area contributed by atoms with E-state index in [1.165, 1.54) is 51.0 Å². The van der Waals surface area contributed by atoms with Gasteiger partial charge in [0, 0.05) is 43.0 Å². The highest BCUT2D eigenvalue weighted by Gasteiger charge is 2.54. The molecule has 3 nitrogen and oxygen atoms in total. The molecule has 0 spiro atoms. The first kappa shape index (κ1) is 26.4. The molecular weight excluding hydrogens is 591 g/mol. The molecular formula is C35H35IN2O. The fraction of sp³-hybridized carbons (Fsp3) is 0.286. The van der Waals surface area contributed by atoms with Crippen molar-refractivity contribution in [3.63, 3.8) is 0 Å². The summed E-state index contributed by atoms with van der Waals surface area (Å²) in [5.74, 6) is 1.22. The lowest BCUT2D eigenvalue weighted by atomic mass is 9.71. The van der Waals surface area contributed by atoms with Crippen molar-refractivity contribution in [2.45, 2.75) is 31.5 Å². The summed E-state index contributed by atoms with van der Waals surface area (Å²) in [6.45, 7) is 7.59. The van der Waals surface area contributed by atoms with Gasteiger partial charge in [-0.15, -0.1) is 6.58 Å². The molecule has 39 heavy (non-hydrogen) atoms. The Bertz CT molecular complexity index is 1610. The van der Waals surface area contributed by atoms with Crippen LogP contribution in [0.5, 0.6) is 0 Å². The highest BCUT2D eigenvalue weighted by molar-refractivity contribution is 6.02. The molecule has 3 saturated heterocycles. The summed E-state index contributed by atoms with van der Waals surface area (Å²) in [7, 11) is 1.90. The van der Waals surface area contributed by atoms with E-state index in [9.17, 15) is 0 Å². The molecule has 3 fully saturated rings. The number of hydrogen-bond donors (Lipinski definition) is 0. The number of aromatic nitrogens is 1. The summed E-state index contributed by atoms with van der Waals surface area (Å²) in [6.07, 6.45) is 6.61. The average molecular weight is 627 g/mol. The molecule has 5 aromatic rings. The second-order valence-electron chi connectivity index (χ2n) is 11.4. The SMILES string of the molecule is C=CC1C[N+]2(Cc3c4ccccc4cc4ccccc34)CCC1C[C@@H]2[C@H](OC)c1ccnc2ccccc12.[I-]. The molecule has 0 N–H and O–H groups in total. The Morgan fingerprint density at radius 2 is 1.62 bits per heavy atom. The van der Waals surface area contributed by atoms with E-state index in [-0.39, 0.29) is 30.1 Å². The number of benzene rings is 4. The van der Waals surface area contributed by atoms with Gasteiger partial charge in [0.15, 0.2) is 0 Å². The van der Waals surface area contributed by atoms with Crippen molar-refractivity contribution in [2.75, 3.05) is 20.2 Å². The van der Waals surface area contributed by atoms with Crippen LogP contribution in [-0.2, 0) is 11.3 Å². The molecule has 0 amide bonds. The molecule has 0 radical (unpaired) electrons. The second-order valence-corrected chi connectivity index (χ2v) is 11.4. The number of fused-ring (bicyclic) bond motifs is 6. The maximum atomic E-state index is 6.47. The quantitative estimate of drug-likeness (QED) is 0.117.